The van der Waals surface area contributed by atoms with Crippen molar-refractivity contribution in [1.29, 1.82) is 0 Å². The zero-order valence-corrected chi connectivity index (χ0v) is 19.4. The molecule has 0 unspecified atom stereocenters. The first-order valence-corrected chi connectivity index (χ1v) is 12.8. The van der Waals surface area contributed by atoms with E-state index in [0.717, 1.165) is 12.0 Å². The minimum absolute atomic E-state index is 0.0525. The highest BCUT2D eigenvalue weighted by Gasteiger charge is 2.41. The number of fused-ring (bicyclic) bond motifs is 1. The predicted octanol–water partition coefficient (Wildman–Crippen LogP) is 1.65. The van der Waals surface area contributed by atoms with Crippen LogP contribution < -0.4 is 0 Å². The zero-order valence-electron chi connectivity index (χ0n) is 18.6. The van der Waals surface area contributed by atoms with Crippen LogP contribution in [0.3, 0.4) is 0 Å². The van der Waals surface area contributed by atoms with Gasteiger partial charge < -0.3 is 14.7 Å². The first-order valence-electron chi connectivity index (χ1n) is 11.4. The molecule has 3 aliphatic heterocycles. The second-order valence-electron chi connectivity index (χ2n) is 8.75. The van der Waals surface area contributed by atoms with E-state index in [1.807, 2.05) is 4.90 Å². The number of amides is 2. The van der Waals surface area contributed by atoms with Gasteiger partial charge in [-0.25, -0.2) is 4.39 Å². The fourth-order valence-electron chi connectivity index (χ4n) is 4.85. The van der Waals surface area contributed by atoms with Crippen LogP contribution in [0, 0.1) is 5.82 Å². The molecular formula is C24H25FN4O4S. The molecule has 2 saturated heterocycles. The maximum absolute atomic E-state index is 13.4. The standard InChI is InChI=1S/C24H25FN4O4S/c25-18-9-7-17(8-10-18)16-22(30)27-12-14-28(15-13-27)24(31)20-5-3-11-29(20)23-19-4-1-2-6-21(19)34(32,33)26-23/h1-2,4,6-10,20H,3,5,11-16H2/t20-/m0/s1. The molecule has 178 valence electrons. The molecule has 2 amide bonds. The highest BCUT2D eigenvalue weighted by atomic mass is 32.2. The van der Waals surface area contributed by atoms with Crippen molar-refractivity contribution in [2.75, 3.05) is 32.7 Å². The summed E-state index contributed by atoms with van der Waals surface area (Å²) in [5, 5.41) is 0. The normalized spacial score (nSPS) is 21.4. The molecule has 0 aliphatic carbocycles. The Bertz CT molecular complexity index is 1250. The Morgan fingerprint density at radius 3 is 2.35 bits per heavy atom. The lowest BCUT2D eigenvalue weighted by Crippen LogP contribution is -2.55. The number of sulfonamides is 1. The quantitative estimate of drug-likeness (QED) is 0.661. The number of carbonyl (C=O) groups is 2. The topological polar surface area (TPSA) is 90.4 Å². The van der Waals surface area contributed by atoms with Crippen molar-refractivity contribution >= 4 is 27.7 Å². The van der Waals surface area contributed by atoms with E-state index in [1.165, 1.54) is 18.2 Å². The molecule has 0 N–H and O–H groups in total. The second-order valence-corrected chi connectivity index (χ2v) is 10.3. The van der Waals surface area contributed by atoms with E-state index in [-0.39, 0.29) is 28.9 Å². The van der Waals surface area contributed by atoms with Crippen molar-refractivity contribution in [3.05, 3.63) is 65.5 Å². The van der Waals surface area contributed by atoms with E-state index in [1.54, 1.807) is 40.1 Å². The lowest BCUT2D eigenvalue weighted by atomic mass is 10.1. The molecule has 0 saturated carbocycles. The van der Waals surface area contributed by atoms with Crippen LogP contribution >= 0.6 is 0 Å². The van der Waals surface area contributed by atoms with E-state index >= 15 is 0 Å². The van der Waals surface area contributed by atoms with E-state index in [4.69, 9.17) is 0 Å². The number of hydrogen-bond donors (Lipinski definition) is 0. The molecule has 3 aliphatic rings. The molecule has 10 heteroatoms. The predicted molar refractivity (Wildman–Crippen MR) is 123 cm³/mol. The van der Waals surface area contributed by atoms with Gasteiger partial charge >= 0.3 is 0 Å². The Morgan fingerprint density at radius 1 is 0.941 bits per heavy atom. The molecule has 1 atom stereocenters. The number of rotatable bonds is 3. The Kier molecular flexibility index (Phi) is 5.85. The Balaban J connectivity index is 1.23. The van der Waals surface area contributed by atoms with Crippen molar-refractivity contribution in [3.63, 3.8) is 0 Å². The molecule has 2 aromatic carbocycles. The third-order valence-electron chi connectivity index (χ3n) is 6.64. The number of amidine groups is 1. The number of carbonyl (C=O) groups excluding carboxylic acids is 2. The summed E-state index contributed by atoms with van der Waals surface area (Å²) >= 11 is 0. The molecule has 0 aromatic heterocycles. The summed E-state index contributed by atoms with van der Waals surface area (Å²) in [5.41, 5.74) is 1.29. The molecule has 5 rings (SSSR count). The molecule has 0 radical (unpaired) electrons. The van der Waals surface area contributed by atoms with Gasteiger partial charge in [-0.3, -0.25) is 9.59 Å². The number of nitrogens with zero attached hydrogens (tertiary/aromatic N) is 4. The van der Waals surface area contributed by atoms with Crippen LogP contribution in [0.2, 0.25) is 0 Å². The minimum Gasteiger partial charge on any atom is -0.343 e. The lowest BCUT2D eigenvalue weighted by Gasteiger charge is -2.37. The summed E-state index contributed by atoms with van der Waals surface area (Å²) in [5.74, 6) is -0.107. The SMILES string of the molecule is O=C(Cc1ccc(F)cc1)N1CCN(C(=O)[C@@H]2CCCN2C2=NS(=O)(=O)c3ccccc32)CC1. The number of halogens is 1. The number of benzene rings is 2. The largest absolute Gasteiger partial charge is 0.343 e. The average Bonchev–Trinajstić information content (AvgIpc) is 3.43. The van der Waals surface area contributed by atoms with Crippen molar-refractivity contribution < 1.29 is 22.4 Å². The zero-order chi connectivity index (χ0) is 23.9. The molecule has 8 nitrogen and oxygen atoms in total. The summed E-state index contributed by atoms with van der Waals surface area (Å²) in [6.45, 7) is 2.25. The Hall–Kier alpha value is -3.27. The molecule has 0 bridgehead atoms. The van der Waals surface area contributed by atoms with E-state index in [2.05, 4.69) is 4.40 Å². The van der Waals surface area contributed by atoms with Crippen LogP contribution in [0.4, 0.5) is 4.39 Å². The van der Waals surface area contributed by atoms with Crippen LogP contribution in [0.15, 0.2) is 57.8 Å². The van der Waals surface area contributed by atoms with Crippen molar-refractivity contribution in [3.8, 4) is 0 Å². The molecule has 2 fully saturated rings. The molecule has 2 aromatic rings. The van der Waals surface area contributed by atoms with Gasteiger partial charge in [0.25, 0.3) is 10.0 Å². The average molecular weight is 485 g/mol. The maximum atomic E-state index is 13.4. The number of hydrogen-bond acceptors (Lipinski definition) is 5. The summed E-state index contributed by atoms with van der Waals surface area (Å²) in [7, 11) is -3.75. The summed E-state index contributed by atoms with van der Waals surface area (Å²) in [6.07, 6.45) is 1.59. The molecule has 0 spiro atoms. The maximum Gasteiger partial charge on any atom is 0.285 e. The lowest BCUT2D eigenvalue weighted by molar-refractivity contribution is -0.141. The van der Waals surface area contributed by atoms with Gasteiger partial charge in [-0.05, 0) is 42.7 Å². The van der Waals surface area contributed by atoms with Crippen LogP contribution in [-0.4, -0.2) is 79.5 Å². The first kappa shape index (κ1) is 22.5. The van der Waals surface area contributed by atoms with Crippen LogP contribution in [0.5, 0.6) is 0 Å². The van der Waals surface area contributed by atoms with Gasteiger partial charge in [-0.1, -0.05) is 24.3 Å². The molecule has 3 heterocycles. The highest BCUT2D eigenvalue weighted by molar-refractivity contribution is 7.90. The fraction of sp³-hybridized carbons (Fsp3) is 0.375. The van der Waals surface area contributed by atoms with E-state index < -0.39 is 16.1 Å². The van der Waals surface area contributed by atoms with Crippen LogP contribution in [-0.2, 0) is 26.0 Å². The van der Waals surface area contributed by atoms with Gasteiger partial charge in [-0.2, -0.15) is 8.42 Å². The molecular weight excluding hydrogens is 459 g/mol. The highest BCUT2D eigenvalue weighted by Crippen LogP contribution is 2.31. The monoisotopic (exact) mass is 484 g/mol. The van der Waals surface area contributed by atoms with Gasteiger partial charge in [0.2, 0.25) is 11.8 Å². The first-order chi connectivity index (χ1) is 16.3. The third kappa shape index (κ3) is 4.18. The van der Waals surface area contributed by atoms with Crippen LogP contribution in [0.1, 0.15) is 24.0 Å². The number of piperazine rings is 1. The number of likely N-dealkylation sites (tertiary alicyclic amines) is 1. The summed E-state index contributed by atoms with van der Waals surface area (Å²) in [6, 6.07) is 12.1. The van der Waals surface area contributed by atoms with Gasteiger partial charge in [-0.15, -0.1) is 4.40 Å². The van der Waals surface area contributed by atoms with Crippen LogP contribution in [0.25, 0.3) is 0 Å². The molecule has 34 heavy (non-hydrogen) atoms. The Labute approximate surface area is 197 Å². The van der Waals surface area contributed by atoms with Crippen molar-refractivity contribution in [2.45, 2.75) is 30.2 Å². The van der Waals surface area contributed by atoms with Gasteiger partial charge in [0.1, 0.15) is 16.8 Å². The fourth-order valence-corrected chi connectivity index (χ4v) is 6.07. The smallest absolute Gasteiger partial charge is 0.285 e. The summed E-state index contributed by atoms with van der Waals surface area (Å²) < 4.78 is 42.0. The third-order valence-corrected chi connectivity index (χ3v) is 7.96. The summed E-state index contributed by atoms with van der Waals surface area (Å²) in [4.78, 5) is 31.5. The van der Waals surface area contributed by atoms with Gasteiger partial charge in [0.15, 0.2) is 5.84 Å². The van der Waals surface area contributed by atoms with Crippen molar-refractivity contribution in [2.24, 2.45) is 4.40 Å². The van der Waals surface area contributed by atoms with Crippen molar-refractivity contribution in [1.82, 2.24) is 14.7 Å². The van der Waals surface area contributed by atoms with Gasteiger partial charge in [0, 0.05) is 38.3 Å². The van der Waals surface area contributed by atoms with Gasteiger partial charge in [0.05, 0.1) is 6.42 Å². The minimum atomic E-state index is -3.75. The second kappa shape index (κ2) is 8.83. The van der Waals surface area contributed by atoms with E-state index in [0.29, 0.717) is 50.5 Å². The van der Waals surface area contributed by atoms with E-state index in [9.17, 15) is 22.4 Å². The Morgan fingerprint density at radius 2 is 1.62 bits per heavy atom.